The fraction of sp³-hybridized carbons (Fsp3) is 1.00. The smallest absolute Gasteiger partial charge is 0.0590 e. The van der Waals surface area contributed by atoms with E-state index in [-0.39, 0.29) is 6.10 Å². The maximum Gasteiger partial charge on any atom is 0.0590 e. The van der Waals surface area contributed by atoms with Crippen LogP contribution in [0.25, 0.3) is 0 Å². The minimum Gasteiger partial charge on any atom is -0.393 e. The molecule has 2 fully saturated rings. The lowest BCUT2D eigenvalue weighted by Gasteiger charge is -2.37. The lowest BCUT2D eigenvalue weighted by molar-refractivity contribution is 0.0305. The fourth-order valence-electron chi connectivity index (χ4n) is 3.26. The number of hydrogen-bond donors (Lipinski definition) is 1. The monoisotopic (exact) mass is 240 g/mol. The van der Waals surface area contributed by atoms with Crippen molar-refractivity contribution < 1.29 is 5.11 Å². The summed E-state index contributed by atoms with van der Waals surface area (Å²) < 4.78 is 0. The third-order valence-corrected chi connectivity index (χ3v) is 4.64. The Morgan fingerprint density at radius 2 is 2.00 bits per heavy atom. The van der Waals surface area contributed by atoms with Crippen LogP contribution in [-0.4, -0.2) is 60.3 Å². The van der Waals surface area contributed by atoms with Gasteiger partial charge in [-0.25, -0.2) is 0 Å². The molecule has 2 saturated heterocycles. The second-order valence-electron chi connectivity index (χ2n) is 6.05. The lowest BCUT2D eigenvalue weighted by atomic mass is 9.95. The van der Waals surface area contributed by atoms with Gasteiger partial charge in [0.2, 0.25) is 0 Å². The molecule has 0 radical (unpaired) electrons. The van der Waals surface area contributed by atoms with Crippen LogP contribution in [-0.2, 0) is 0 Å². The van der Waals surface area contributed by atoms with E-state index in [4.69, 9.17) is 0 Å². The van der Waals surface area contributed by atoms with E-state index in [1.807, 2.05) is 0 Å². The number of aliphatic hydroxyl groups excluding tert-OH is 1. The second-order valence-corrected chi connectivity index (χ2v) is 6.05. The summed E-state index contributed by atoms with van der Waals surface area (Å²) >= 11 is 0. The van der Waals surface area contributed by atoms with Gasteiger partial charge in [0, 0.05) is 19.1 Å². The third-order valence-electron chi connectivity index (χ3n) is 4.64. The zero-order valence-corrected chi connectivity index (χ0v) is 11.4. The lowest BCUT2D eigenvalue weighted by Crippen LogP contribution is -2.44. The van der Waals surface area contributed by atoms with Crippen molar-refractivity contribution in [1.29, 1.82) is 0 Å². The first kappa shape index (κ1) is 13.3. The van der Waals surface area contributed by atoms with Gasteiger partial charge < -0.3 is 14.9 Å². The molecule has 0 aromatic heterocycles. The summed E-state index contributed by atoms with van der Waals surface area (Å²) in [4.78, 5) is 5.07. The molecule has 100 valence electrons. The van der Waals surface area contributed by atoms with E-state index in [1.165, 1.54) is 38.8 Å². The average molecular weight is 240 g/mol. The summed E-state index contributed by atoms with van der Waals surface area (Å²) in [5.41, 5.74) is 0. The van der Waals surface area contributed by atoms with Crippen molar-refractivity contribution in [3.05, 3.63) is 0 Å². The number of likely N-dealkylation sites (tertiary alicyclic amines) is 2. The molecule has 2 rings (SSSR count). The van der Waals surface area contributed by atoms with E-state index >= 15 is 0 Å². The highest BCUT2D eigenvalue weighted by atomic mass is 16.3. The topological polar surface area (TPSA) is 26.7 Å². The average Bonchev–Trinajstić information content (AvgIpc) is 2.32. The van der Waals surface area contributed by atoms with Gasteiger partial charge in [0.15, 0.2) is 0 Å². The van der Waals surface area contributed by atoms with Crippen molar-refractivity contribution in [3.8, 4) is 0 Å². The van der Waals surface area contributed by atoms with Crippen LogP contribution in [0.3, 0.4) is 0 Å². The van der Waals surface area contributed by atoms with Crippen molar-refractivity contribution in [2.24, 2.45) is 5.92 Å². The van der Waals surface area contributed by atoms with Crippen molar-refractivity contribution in [2.45, 2.75) is 51.2 Å². The molecule has 0 amide bonds. The van der Waals surface area contributed by atoms with E-state index in [9.17, 15) is 5.11 Å². The fourth-order valence-corrected chi connectivity index (χ4v) is 3.26. The predicted molar refractivity (Wildman–Crippen MR) is 71.1 cm³/mol. The molecule has 3 nitrogen and oxygen atoms in total. The molecule has 3 unspecified atom stereocenters. The molecule has 0 aliphatic carbocycles. The number of piperidine rings is 2. The normalized spacial score (nSPS) is 37.2. The highest BCUT2D eigenvalue weighted by molar-refractivity contribution is 4.80. The molecule has 2 aliphatic heterocycles. The first-order valence-electron chi connectivity index (χ1n) is 7.27. The Morgan fingerprint density at radius 1 is 1.18 bits per heavy atom. The van der Waals surface area contributed by atoms with Gasteiger partial charge in [-0.3, -0.25) is 0 Å². The van der Waals surface area contributed by atoms with E-state index in [0.29, 0.717) is 5.92 Å². The SMILES string of the molecule is CC1CN(CCC2CCCCN2C)CCC1O. The zero-order valence-electron chi connectivity index (χ0n) is 11.4. The summed E-state index contributed by atoms with van der Waals surface area (Å²) in [6.07, 6.45) is 6.36. The van der Waals surface area contributed by atoms with Crippen LogP contribution in [0.4, 0.5) is 0 Å². The molecular weight excluding hydrogens is 212 g/mol. The minimum absolute atomic E-state index is 0.0661. The second kappa shape index (κ2) is 6.17. The van der Waals surface area contributed by atoms with Gasteiger partial charge in [0.25, 0.3) is 0 Å². The molecule has 3 heteroatoms. The van der Waals surface area contributed by atoms with Crippen LogP contribution in [0.2, 0.25) is 0 Å². The summed E-state index contributed by atoms with van der Waals surface area (Å²) in [7, 11) is 2.27. The first-order chi connectivity index (χ1) is 8.16. The van der Waals surface area contributed by atoms with E-state index < -0.39 is 0 Å². The quantitative estimate of drug-likeness (QED) is 0.811. The molecule has 2 heterocycles. The van der Waals surface area contributed by atoms with Gasteiger partial charge in [-0.2, -0.15) is 0 Å². The molecule has 3 atom stereocenters. The largest absolute Gasteiger partial charge is 0.393 e. The standard InChI is InChI=1S/C14H28N2O/c1-12-11-16(10-7-14(12)17)9-6-13-5-3-4-8-15(13)2/h12-14,17H,3-11H2,1-2H3. The van der Waals surface area contributed by atoms with Crippen LogP contribution < -0.4 is 0 Å². The van der Waals surface area contributed by atoms with Gasteiger partial charge in [-0.15, -0.1) is 0 Å². The molecule has 0 spiro atoms. The molecule has 1 N–H and O–H groups in total. The number of rotatable bonds is 3. The Labute approximate surface area is 106 Å². The van der Waals surface area contributed by atoms with Crippen LogP contribution >= 0.6 is 0 Å². The predicted octanol–water partition coefficient (Wildman–Crippen LogP) is 1.56. The molecule has 0 saturated carbocycles. The van der Waals surface area contributed by atoms with Gasteiger partial charge in [-0.05, 0) is 51.7 Å². The summed E-state index contributed by atoms with van der Waals surface area (Å²) in [6.45, 7) is 6.83. The highest BCUT2D eigenvalue weighted by Crippen LogP contribution is 2.20. The number of aliphatic hydroxyl groups is 1. The highest BCUT2D eigenvalue weighted by Gasteiger charge is 2.25. The van der Waals surface area contributed by atoms with Crippen LogP contribution in [0, 0.1) is 5.92 Å². The number of nitrogens with zero attached hydrogens (tertiary/aromatic N) is 2. The molecule has 0 bridgehead atoms. The van der Waals surface area contributed by atoms with Crippen molar-refractivity contribution >= 4 is 0 Å². The molecule has 17 heavy (non-hydrogen) atoms. The minimum atomic E-state index is -0.0661. The number of hydrogen-bond acceptors (Lipinski definition) is 3. The van der Waals surface area contributed by atoms with Gasteiger partial charge in [0.1, 0.15) is 0 Å². The summed E-state index contributed by atoms with van der Waals surface area (Å²) in [5, 5.41) is 9.72. The first-order valence-corrected chi connectivity index (χ1v) is 7.27. The maximum absolute atomic E-state index is 9.72. The van der Waals surface area contributed by atoms with E-state index in [2.05, 4.69) is 23.8 Å². The van der Waals surface area contributed by atoms with Gasteiger partial charge in [0.05, 0.1) is 6.10 Å². The Hall–Kier alpha value is -0.120. The van der Waals surface area contributed by atoms with Crippen molar-refractivity contribution in [3.63, 3.8) is 0 Å². The molecular formula is C14H28N2O. The van der Waals surface area contributed by atoms with Crippen LogP contribution in [0.1, 0.15) is 39.0 Å². The Kier molecular flexibility index (Phi) is 4.83. The van der Waals surface area contributed by atoms with Gasteiger partial charge in [-0.1, -0.05) is 13.3 Å². The van der Waals surface area contributed by atoms with Crippen molar-refractivity contribution in [2.75, 3.05) is 33.2 Å². The maximum atomic E-state index is 9.72. The van der Waals surface area contributed by atoms with Crippen LogP contribution in [0.15, 0.2) is 0 Å². The summed E-state index contributed by atoms with van der Waals surface area (Å²) in [5.74, 6) is 0.452. The summed E-state index contributed by atoms with van der Waals surface area (Å²) in [6, 6.07) is 0.797. The van der Waals surface area contributed by atoms with E-state index in [0.717, 1.165) is 25.6 Å². The zero-order chi connectivity index (χ0) is 12.3. The molecule has 0 aromatic carbocycles. The Balaban J connectivity index is 1.71. The third kappa shape index (κ3) is 3.67. The Morgan fingerprint density at radius 3 is 2.71 bits per heavy atom. The van der Waals surface area contributed by atoms with Crippen LogP contribution in [0.5, 0.6) is 0 Å². The van der Waals surface area contributed by atoms with Crippen molar-refractivity contribution in [1.82, 2.24) is 9.80 Å². The Bertz CT molecular complexity index is 234. The van der Waals surface area contributed by atoms with Gasteiger partial charge >= 0.3 is 0 Å². The molecule has 2 aliphatic rings. The van der Waals surface area contributed by atoms with E-state index in [1.54, 1.807) is 0 Å². The molecule has 0 aromatic rings.